The second-order valence-electron chi connectivity index (χ2n) is 6.90. The van der Waals surface area contributed by atoms with Crippen LogP contribution in [-0.4, -0.2) is 52.9 Å². The van der Waals surface area contributed by atoms with Gasteiger partial charge in [-0.1, -0.05) is 66.2 Å². The number of carbonyl (C=O) groups excluding carboxylic acids is 1. The highest BCUT2D eigenvalue weighted by molar-refractivity contribution is 6.51. The highest BCUT2D eigenvalue weighted by atomic mass is 28.4. The first-order valence-corrected chi connectivity index (χ1v) is 11.7. The van der Waals surface area contributed by atoms with Crippen LogP contribution in [0.15, 0.2) is 0 Å². The Kier molecular flexibility index (Phi) is 12.6. The highest BCUT2D eigenvalue weighted by Gasteiger charge is 2.48. The molecule has 0 aromatic rings. The van der Waals surface area contributed by atoms with E-state index in [4.69, 9.17) is 4.43 Å². The molecule has 0 bridgehead atoms. The number of nitrogens with zero attached hydrogens (tertiary/aromatic N) is 1. The van der Waals surface area contributed by atoms with E-state index in [2.05, 4.69) is 32.6 Å². The molecule has 0 fully saturated rings. The van der Waals surface area contributed by atoms with Crippen LogP contribution >= 0.6 is 0 Å². The molecular formula is C18H39NO5Si. The van der Waals surface area contributed by atoms with E-state index in [1.807, 2.05) is 0 Å². The summed E-state index contributed by atoms with van der Waals surface area (Å²) in [5.41, 5.74) is -0.886. The standard InChI is InChI=1S/C18H39NO5Si/c1-5-9-13-18(14-10-6-2,17(20)24-25(21,22)23)19(15-11-7-3)16-12-8-4/h21-23H,5-16H2,1-4H3. The van der Waals surface area contributed by atoms with E-state index in [9.17, 15) is 19.2 Å². The fourth-order valence-corrected chi connectivity index (χ4v) is 3.61. The van der Waals surface area contributed by atoms with E-state index in [-0.39, 0.29) is 0 Å². The van der Waals surface area contributed by atoms with Crippen molar-refractivity contribution in [3.8, 4) is 0 Å². The van der Waals surface area contributed by atoms with Gasteiger partial charge < -0.3 is 18.8 Å². The summed E-state index contributed by atoms with van der Waals surface area (Å²) in [7, 11) is -4.89. The van der Waals surface area contributed by atoms with Crippen molar-refractivity contribution >= 4 is 15.0 Å². The molecule has 0 aromatic heterocycles. The number of rotatable bonds is 15. The van der Waals surface area contributed by atoms with Crippen LogP contribution in [0.3, 0.4) is 0 Å². The minimum Gasteiger partial charge on any atom is -0.451 e. The maximum Gasteiger partial charge on any atom is 0.743 e. The van der Waals surface area contributed by atoms with Gasteiger partial charge in [-0.25, -0.2) is 0 Å². The molecule has 6 nitrogen and oxygen atoms in total. The Balaban J connectivity index is 5.72. The molecule has 7 heteroatoms. The van der Waals surface area contributed by atoms with Crippen LogP contribution in [0.1, 0.15) is 91.9 Å². The Morgan fingerprint density at radius 2 is 1.24 bits per heavy atom. The summed E-state index contributed by atoms with van der Waals surface area (Å²) < 4.78 is 4.76. The van der Waals surface area contributed by atoms with Crippen molar-refractivity contribution in [2.45, 2.75) is 97.4 Å². The third-order valence-electron chi connectivity index (χ3n) is 4.67. The lowest BCUT2D eigenvalue weighted by Gasteiger charge is -2.43. The lowest BCUT2D eigenvalue weighted by molar-refractivity contribution is -0.157. The molecule has 0 saturated carbocycles. The second kappa shape index (κ2) is 12.8. The van der Waals surface area contributed by atoms with Crippen molar-refractivity contribution < 1.29 is 23.6 Å². The van der Waals surface area contributed by atoms with Gasteiger partial charge in [0, 0.05) is 0 Å². The first-order valence-electron chi connectivity index (χ1n) is 9.92. The molecule has 0 saturated heterocycles. The van der Waals surface area contributed by atoms with E-state index in [1.165, 1.54) is 0 Å². The topological polar surface area (TPSA) is 90.2 Å². The average molecular weight is 378 g/mol. The lowest BCUT2D eigenvalue weighted by Crippen LogP contribution is -2.59. The molecule has 0 radical (unpaired) electrons. The SMILES string of the molecule is CCCCN(CCCC)C(CCCC)(CCCC)C(=O)O[Si](O)(O)O. The summed E-state index contributed by atoms with van der Waals surface area (Å²) in [6, 6.07) is 0. The molecule has 0 atom stereocenters. The van der Waals surface area contributed by atoms with Crippen LogP contribution in [0, 0.1) is 0 Å². The van der Waals surface area contributed by atoms with E-state index >= 15 is 0 Å². The summed E-state index contributed by atoms with van der Waals surface area (Å²) in [6.07, 6.45) is 8.79. The van der Waals surface area contributed by atoms with Crippen molar-refractivity contribution in [2.24, 2.45) is 0 Å². The smallest absolute Gasteiger partial charge is 0.451 e. The number of unbranched alkanes of at least 4 members (excludes halogenated alkanes) is 4. The molecule has 0 aliphatic rings. The zero-order chi connectivity index (χ0) is 19.3. The number of hydrogen-bond acceptors (Lipinski definition) is 6. The van der Waals surface area contributed by atoms with Gasteiger partial charge >= 0.3 is 15.0 Å². The fourth-order valence-electron chi connectivity index (χ4n) is 3.17. The molecule has 150 valence electrons. The molecule has 0 spiro atoms. The zero-order valence-corrected chi connectivity index (χ0v) is 17.6. The molecule has 0 aromatic carbocycles. The van der Waals surface area contributed by atoms with Gasteiger partial charge in [-0.2, -0.15) is 0 Å². The summed E-state index contributed by atoms with van der Waals surface area (Å²) in [5, 5.41) is 0. The van der Waals surface area contributed by atoms with Gasteiger partial charge in [0.15, 0.2) is 0 Å². The quantitative estimate of drug-likeness (QED) is 0.380. The predicted octanol–water partition coefficient (Wildman–Crippen LogP) is 2.96. The van der Waals surface area contributed by atoms with Crippen molar-refractivity contribution in [3.63, 3.8) is 0 Å². The Labute approximate surface area is 154 Å². The maximum absolute atomic E-state index is 13.0. The van der Waals surface area contributed by atoms with Crippen molar-refractivity contribution in [3.05, 3.63) is 0 Å². The van der Waals surface area contributed by atoms with Gasteiger partial charge in [-0.15, -0.1) is 0 Å². The van der Waals surface area contributed by atoms with Gasteiger partial charge in [0.1, 0.15) is 5.54 Å². The van der Waals surface area contributed by atoms with Gasteiger partial charge in [0.25, 0.3) is 0 Å². The average Bonchev–Trinajstić information content (AvgIpc) is 2.54. The largest absolute Gasteiger partial charge is 0.743 e. The van der Waals surface area contributed by atoms with E-state index in [0.717, 1.165) is 64.5 Å². The third-order valence-corrected chi connectivity index (χ3v) is 5.13. The van der Waals surface area contributed by atoms with Gasteiger partial charge in [0.05, 0.1) is 0 Å². The van der Waals surface area contributed by atoms with Crippen LogP contribution in [-0.2, 0) is 9.22 Å². The summed E-state index contributed by atoms with van der Waals surface area (Å²) in [6.45, 7) is 9.92. The van der Waals surface area contributed by atoms with Crippen molar-refractivity contribution in [1.29, 1.82) is 0 Å². The van der Waals surface area contributed by atoms with E-state index in [0.29, 0.717) is 12.8 Å². The lowest BCUT2D eigenvalue weighted by atomic mass is 9.84. The third kappa shape index (κ3) is 9.15. The molecular weight excluding hydrogens is 338 g/mol. The summed E-state index contributed by atoms with van der Waals surface area (Å²) in [5.74, 6) is -0.680. The molecule has 0 aliphatic heterocycles. The molecule has 0 rings (SSSR count). The zero-order valence-electron chi connectivity index (χ0n) is 16.6. The minimum atomic E-state index is -4.89. The Bertz CT molecular complexity index is 344. The van der Waals surface area contributed by atoms with Crippen molar-refractivity contribution in [2.75, 3.05) is 13.1 Å². The minimum absolute atomic E-state index is 0.611. The number of hydrogen-bond donors (Lipinski definition) is 3. The van der Waals surface area contributed by atoms with Crippen LogP contribution in [0.5, 0.6) is 0 Å². The monoisotopic (exact) mass is 377 g/mol. The number of carbonyl (C=O) groups is 1. The fraction of sp³-hybridized carbons (Fsp3) is 0.944. The Hall–Kier alpha value is -0.473. The molecule has 0 aliphatic carbocycles. The summed E-state index contributed by atoms with van der Waals surface area (Å²) in [4.78, 5) is 43.1. The van der Waals surface area contributed by atoms with Crippen LogP contribution in [0.25, 0.3) is 0 Å². The second-order valence-corrected chi connectivity index (χ2v) is 8.25. The molecule has 0 unspecified atom stereocenters. The first kappa shape index (κ1) is 24.5. The molecule has 0 heterocycles. The van der Waals surface area contributed by atoms with E-state index < -0.39 is 20.6 Å². The molecule has 0 amide bonds. The van der Waals surface area contributed by atoms with Crippen molar-refractivity contribution in [1.82, 2.24) is 4.90 Å². The van der Waals surface area contributed by atoms with Gasteiger partial charge in [-0.05, 0) is 38.8 Å². The maximum atomic E-state index is 13.0. The summed E-state index contributed by atoms with van der Waals surface area (Å²) >= 11 is 0. The van der Waals surface area contributed by atoms with Gasteiger partial charge in [-0.3, -0.25) is 9.69 Å². The molecule has 25 heavy (non-hydrogen) atoms. The Morgan fingerprint density at radius 1 is 0.840 bits per heavy atom. The normalized spacial score (nSPS) is 12.6. The molecule has 3 N–H and O–H groups in total. The van der Waals surface area contributed by atoms with Crippen LogP contribution in [0.4, 0.5) is 0 Å². The van der Waals surface area contributed by atoms with Gasteiger partial charge in [0.2, 0.25) is 0 Å². The van der Waals surface area contributed by atoms with Crippen LogP contribution < -0.4 is 0 Å². The Morgan fingerprint density at radius 3 is 1.56 bits per heavy atom. The highest BCUT2D eigenvalue weighted by Crippen LogP contribution is 2.32. The first-order chi connectivity index (χ1) is 11.8. The van der Waals surface area contributed by atoms with E-state index in [1.54, 1.807) is 0 Å². The predicted molar refractivity (Wildman–Crippen MR) is 102 cm³/mol. The van der Waals surface area contributed by atoms with Crippen LogP contribution in [0.2, 0.25) is 0 Å².